The Labute approximate surface area is 135 Å². The zero-order valence-electron chi connectivity index (χ0n) is 15.0. The highest BCUT2D eigenvalue weighted by Gasteiger charge is 2.48. The first-order chi connectivity index (χ1) is 9.73. The molecule has 0 unspecified atom stereocenters. The van der Waals surface area contributed by atoms with Gasteiger partial charge in [-0.25, -0.2) is 4.79 Å². The average Bonchev–Trinajstić information content (AvgIpc) is 2.58. The van der Waals surface area contributed by atoms with Crippen molar-refractivity contribution in [2.45, 2.75) is 77.7 Å². The van der Waals surface area contributed by atoms with E-state index in [1.54, 1.807) is 13.8 Å². The van der Waals surface area contributed by atoms with Crippen LogP contribution in [-0.2, 0) is 9.47 Å². The monoisotopic (exact) mass is 327 g/mol. The first-order valence-electron chi connectivity index (χ1n) is 7.60. The molecule has 5 nitrogen and oxygen atoms in total. The second-order valence-corrected chi connectivity index (χ2v) is 12.9. The molecule has 0 aromatic carbocycles. The van der Waals surface area contributed by atoms with Crippen molar-refractivity contribution < 1.29 is 19.4 Å². The molecule has 0 bridgehead atoms. The molecule has 0 radical (unpaired) electrons. The van der Waals surface area contributed by atoms with Crippen LogP contribution in [0.15, 0.2) is 0 Å². The minimum absolute atomic E-state index is 0.244. The molecule has 0 aromatic heterocycles. The Kier molecular flexibility index (Phi) is 5.38. The summed E-state index contributed by atoms with van der Waals surface area (Å²) in [6.45, 7) is 15.6. The first-order valence-corrected chi connectivity index (χ1v) is 11.1. The quantitative estimate of drug-likeness (QED) is 0.594. The van der Waals surface area contributed by atoms with Gasteiger partial charge in [-0.2, -0.15) is 0 Å². The highest BCUT2D eigenvalue weighted by molar-refractivity contribution is 6.83. The van der Waals surface area contributed by atoms with Crippen LogP contribution in [-0.4, -0.2) is 54.3 Å². The molecule has 0 saturated carbocycles. The van der Waals surface area contributed by atoms with Crippen LogP contribution in [0.1, 0.15) is 34.6 Å². The molecule has 1 heterocycles. The summed E-state index contributed by atoms with van der Waals surface area (Å²) in [6, 6.07) is -0.520. The smallest absolute Gasteiger partial charge is 0.413 e. The predicted molar refractivity (Wildman–Crippen MR) is 89.0 cm³/mol. The van der Waals surface area contributed by atoms with E-state index in [-0.39, 0.29) is 6.61 Å². The van der Waals surface area contributed by atoms with E-state index in [1.807, 2.05) is 20.8 Å². The van der Waals surface area contributed by atoms with Crippen LogP contribution in [0.2, 0.25) is 19.6 Å². The molecule has 22 heavy (non-hydrogen) atoms. The van der Waals surface area contributed by atoms with E-state index < -0.39 is 37.6 Å². The van der Waals surface area contributed by atoms with Gasteiger partial charge in [-0.05, 0) is 34.6 Å². The van der Waals surface area contributed by atoms with Crippen LogP contribution >= 0.6 is 0 Å². The Balaban J connectivity index is 2.98. The van der Waals surface area contributed by atoms with Crippen molar-refractivity contribution in [1.29, 1.82) is 0 Å². The van der Waals surface area contributed by atoms with Gasteiger partial charge >= 0.3 is 6.09 Å². The van der Waals surface area contributed by atoms with Crippen molar-refractivity contribution >= 4 is 14.2 Å². The fourth-order valence-corrected chi connectivity index (χ4v) is 2.70. The van der Waals surface area contributed by atoms with Crippen LogP contribution in [0.5, 0.6) is 0 Å². The minimum Gasteiger partial charge on any atom is -0.444 e. The summed E-state index contributed by atoms with van der Waals surface area (Å²) >= 11 is 0. The number of ether oxygens (including phenoxy) is 2. The number of rotatable bonds is 1. The summed E-state index contributed by atoms with van der Waals surface area (Å²) in [4.78, 5) is 13.9. The van der Waals surface area contributed by atoms with E-state index >= 15 is 0 Å². The lowest BCUT2D eigenvalue weighted by Crippen LogP contribution is -2.53. The zero-order valence-corrected chi connectivity index (χ0v) is 16.0. The molecule has 0 aliphatic carbocycles. The van der Waals surface area contributed by atoms with Crippen LogP contribution in [0, 0.1) is 11.5 Å². The topological polar surface area (TPSA) is 59.0 Å². The predicted octanol–water partition coefficient (Wildman–Crippen LogP) is 2.60. The summed E-state index contributed by atoms with van der Waals surface area (Å²) in [7, 11) is -1.59. The maximum absolute atomic E-state index is 12.5. The summed E-state index contributed by atoms with van der Waals surface area (Å²) in [5, 5.41) is 10.4. The molecule has 126 valence electrons. The van der Waals surface area contributed by atoms with Gasteiger partial charge in [-0.15, -0.1) is 5.54 Å². The van der Waals surface area contributed by atoms with Crippen molar-refractivity contribution in [2.24, 2.45) is 0 Å². The van der Waals surface area contributed by atoms with Crippen LogP contribution < -0.4 is 0 Å². The maximum atomic E-state index is 12.5. The minimum atomic E-state index is -1.59. The Bertz CT molecular complexity index is 479. The van der Waals surface area contributed by atoms with Crippen molar-refractivity contribution in [3.8, 4) is 11.5 Å². The lowest BCUT2D eigenvalue weighted by molar-refractivity contribution is -0.0658. The lowest BCUT2D eigenvalue weighted by Gasteiger charge is -2.35. The third kappa shape index (κ3) is 5.31. The van der Waals surface area contributed by atoms with E-state index in [2.05, 4.69) is 31.1 Å². The molecular formula is C16H29NO4Si. The van der Waals surface area contributed by atoms with Gasteiger partial charge in [0.05, 0.1) is 12.6 Å². The molecule has 0 spiro atoms. The van der Waals surface area contributed by atoms with Gasteiger partial charge in [0.1, 0.15) is 25.5 Å². The van der Waals surface area contributed by atoms with Crippen molar-refractivity contribution in [3.63, 3.8) is 0 Å². The Morgan fingerprint density at radius 3 is 2.41 bits per heavy atom. The molecular weight excluding hydrogens is 298 g/mol. The van der Waals surface area contributed by atoms with Gasteiger partial charge in [-0.3, -0.25) is 4.90 Å². The van der Waals surface area contributed by atoms with Gasteiger partial charge in [0, 0.05) is 0 Å². The van der Waals surface area contributed by atoms with E-state index in [4.69, 9.17) is 9.47 Å². The van der Waals surface area contributed by atoms with E-state index in [0.29, 0.717) is 0 Å². The second-order valence-electron chi connectivity index (χ2n) is 8.14. The third-order valence-corrected chi connectivity index (χ3v) is 3.96. The summed E-state index contributed by atoms with van der Waals surface area (Å²) in [6.07, 6.45) is -1.44. The van der Waals surface area contributed by atoms with Crippen molar-refractivity contribution in [1.82, 2.24) is 4.90 Å². The number of aliphatic hydroxyl groups excluding tert-OH is 1. The normalized spacial score (nSPS) is 22.8. The van der Waals surface area contributed by atoms with Crippen molar-refractivity contribution in [2.75, 3.05) is 6.61 Å². The Morgan fingerprint density at radius 2 is 1.95 bits per heavy atom. The van der Waals surface area contributed by atoms with Crippen molar-refractivity contribution in [3.05, 3.63) is 0 Å². The molecule has 1 aliphatic heterocycles. The van der Waals surface area contributed by atoms with E-state index in [1.165, 1.54) is 4.90 Å². The molecule has 1 amide bonds. The SMILES string of the molecule is CC(C)(C)OC(=O)N1[C@@H]([C@H](O)C#C[Si](C)(C)C)COC1(C)C. The number of hydrogen-bond acceptors (Lipinski definition) is 4. The second kappa shape index (κ2) is 6.23. The standard InChI is InChI=1S/C16H29NO4Si/c1-15(2,3)21-14(19)17-12(11-20-16(17,4)5)13(18)9-10-22(6,7)8/h12-13,18H,11H2,1-8H3/t12-,13-/m1/s1. The molecule has 1 N–H and O–H groups in total. The highest BCUT2D eigenvalue weighted by Crippen LogP contribution is 2.30. The van der Waals surface area contributed by atoms with Gasteiger partial charge in [-0.1, -0.05) is 25.6 Å². The van der Waals surface area contributed by atoms with Gasteiger partial charge < -0.3 is 14.6 Å². The number of carbonyl (C=O) groups is 1. The largest absolute Gasteiger partial charge is 0.444 e. The van der Waals surface area contributed by atoms with Gasteiger partial charge in [0.25, 0.3) is 0 Å². The maximum Gasteiger partial charge on any atom is 0.413 e. The van der Waals surface area contributed by atoms with E-state index in [0.717, 1.165) is 0 Å². The van der Waals surface area contributed by atoms with Gasteiger partial charge in [0.2, 0.25) is 0 Å². The first kappa shape index (κ1) is 19.0. The fourth-order valence-electron chi connectivity index (χ4n) is 2.12. The summed E-state index contributed by atoms with van der Waals surface area (Å²) in [5.74, 6) is 2.89. The molecule has 0 aromatic rings. The van der Waals surface area contributed by atoms with Crippen LogP contribution in [0.3, 0.4) is 0 Å². The number of amides is 1. The summed E-state index contributed by atoms with van der Waals surface area (Å²) in [5.41, 5.74) is 1.71. The Morgan fingerprint density at radius 1 is 1.41 bits per heavy atom. The number of hydrogen-bond donors (Lipinski definition) is 1. The Hall–Kier alpha value is -1.03. The van der Waals surface area contributed by atoms with Crippen LogP contribution in [0.4, 0.5) is 4.79 Å². The average molecular weight is 327 g/mol. The van der Waals surface area contributed by atoms with Crippen LogP contribution in [0.25, 0.3) is 0 Å². The molecule has 1 fully saturated rings. The molecule has 1 aliphatic rings. The number of nitrogens with zero attached hydrogens (tertiary/aromatic N) is 1. The number of carbonyl (C=O) groups excluding carboxylic acids is 1. The summed E-state index contributed by atoms with van der Waals surface area (Å²) < 4.78 is 11.1. The lowest BCUT2D eigenvalue weighted by atomic mass is 10.1. The molecule has 1 rings (SSSR count). The highest BCUT2D eigenvalue weighted by atomic mass is 28.3. The zero-order chi connectivity index (χ0) is 17.3. The number of aliphatic hydroxyl groups is 1. The third-order valence-electron chi connectivity index (χ3n) is 3.07. The molecule has 2 atom stereocenters. The molecule has 1 saturated heterocycles. The van der Waals surface area contributed by atoms with E-state index in [9.17, 15) is 9.90 Å². The fraction of sp³-hybridized carbons (Fsp3) is 0.812. The van der Waals surface area contributed by atoms with Gasteiger partial charge in [0.15, 0.2) is 0 Å². The molecule has 6 heteroatoms.